The van der Waals surface area contributed by atoms with Gasteiger partial charge in [0.15, 0.2) is 0 Å². The van der Waals surface area contributed by atoms with Crippen LogP contribution in [0.25, 0.3) is 0 Å². The third-order valence-corrected chi connectivity index (χ3v) is 3.00. The summed E-state index contributed by atoms with van der Waals surface area (Å²) in [5.41, 5.74) is 5.65. The molecule has 0 aromatic carbocycles. The number of nitrogens with two attached hydrogens (primary N) is 1. The molecule has 1 atom stereocenters. The van der Waals surface area contributed by atoms with Crippen molar-refractivity contribution in [3.05, 3.63) is 0 Å². The van der Waals surface area contributed by atoms with Gasteiger partial charge < -0.3 is 5.73 Å². The number of hydrogen-bond donors (Lipinski definition) is 1. The molecule has 0 fully saturated rings. The Morgan fingerprint density at radius 2 is 1.83 bits per heavy atom. The molecule has 0 spiro atoms. The molecule has 0 heterocycles. The van der Waals surface area contributed by atoms with Crippen LogP contribution in [0.5, 0.6) is 0 Å². The Bertz CT molecular complexity index is 83.9. The highest BCUT2D eigenvalue weighted by molar-refractivity contribution is 7.99. The van der Waals surface area contributed by atoms with Crippen LogP contribution in [-0.4, -0.2) is 17.5 Å². The van der Waals surface area contributed by atoms with Gasteiger partial charge in [-0.25, -0.2) is 0 Å². The number of thioether (sulfide) groups is 1. The lowest BCUT2D eigenvalue weighted by atomic mass is 10.2. The van der Waals surface area contributed by atoms with Crippen molar-refractivity contribution in [1.29, 1.82) is 0 Å². The number of hydrogen-bond acceptors (Lipinski definition) is 2. The molecular weight excluding hydrogens is 166 g/mol. The van der Waals surface area contributed by atoms with Crippen molar-refractivity contribution in [2.75, 3.05) is 11.5 Å². The van der Waals surface area contributed by atoms with E-state index in [1.165, 1.54) is 43.6 Å². The van der Waals surface area contributed by atoms with Gasteiger partial charge in [-0.05, 0) is 37.7 Å². The minimum Gasteiger partial charge on any atom is -0.328 e. The first-order valence-corrected chi connectivity index (χ1v) is 6.26. The Hall–Kier alpha value is 0.310. The first-order chi connectivity index (χ1) is 5.77. The fourth-order valence-corrected chi connectivity index (χ4v) is 2.05. The normalized spacial score (nSPS) is 13.2. The molecule has 12 heavy (non-hydrogen) atoms. The summed E-state index contributed by atoms with van der Waals surface area (Å²) in [5, 5.41) is 0. The molecule has 1 unspecified atom stereocenters. The van der Waals surface area contributed by atoms with E-state index in [0.29, 0.717) is 6.04 Å². The predicted octanol–water partition coefficient (Wildman–Crippen LogP) is 3.04. The highest BCUT2D eigenvalue weighted by atomic mass is 32.2. The topological polar surface area (TPSA) is 26.0 Å². The average molecular weight is 189 g/mol. The summed E-state index contributed by atoms with van der Waals surface area (Å²) in [4.78, 5) is 0. The summed E-state index contributed by atoms with van der Waals surface area (Å²) in [7, 11) is 0. The van der Waals surface area contributed by atoms with Gasteiger partial charge in [0.1, 0.15) is 0 Å². The fraction of sp³-hybridized carbons (Fsp3) is 1.00. The Morgan fingerprint density at radius 1 is 1.17 bits per heavy atom. The molecule has 0 saturated heterocycles. The molecule has 0 rings (SSSR count). The molecule has 2 heteroatoms. The minimum absolute atomic E-state index is 0.390. The van der Waals surface area contributed by atoms with Crippen LogP contribution in [0.15, 0.2) is 0 Å². The largest absolute Gasteiger partial charge is 0.328 e. The highest BCUT2D eigenvalue weighted by Gasteiger charge is 1.94. The van der Waals surface area contributed by atoms with Crippen LogP contribution in [0.2, 0.25) is 0 Å². The van der Waals surface area contributed by atoms with Gasteiger partial charge in [0.25, 0.3) is 0 Å². The van der Waals surface area contributed by atoms with Crippen LogP contribution in [0.3, 0.4) is 0 Å². The van der Waals surface area contributed by atoms with Gasteiger partial charge in [0, 0.05) is 6.04 Å². The Kier molecular flexibility index (Phi) is 9.64. The van der Waals surface area contributed by atoms with E-state index in [1.54, 1.807) is 0 Å². The first-order valence-electron chi connectivity index (χ1n) is 5.10. The van der Waals surface area contributed by atoms with Gasteiger partial charge in [0.2, 0.25) is 0 Å². The van der Waals surface area contributed by atoms with Crippen molar-refractivity contribution in [1.82, 2.24) is 0 Å². The average Bonchev–Trinajstić information content (AvgIpc) is 2.02. The molecule has 74 valence electrons. The van der Waals surface area contributed by atoms with Crippen molar-refractivity contribution < 1.29 is 0 Å². The van der Waals surface area contributed by atoms with Crippen LogP contribution in [-0.2, 0) is 0 Å². The van der Waals surface area contributed by atoms with Crippen molar-refractivity contribution in [2.24, 2.45) is 5.73 Å². The van der Waals surface area contributed by atoms with Gasteiger partial charge in [-0.15, -0.1) is 0 Å². The maximum atomic E-state index is 5.65. The quantitative estimate of drug-likeness (QED) is 0.594. The SMILES string of the molecule is CCCCCSCCCC(C)N. The van der Waals surface area contributed by atoms with Crippen LogP contribution in [0, 0.1) is 0 Å². The Labute approximate surface area is 81.5 Å². The Morgan fingerprint density at radius 3 is 2.42 bits per heavy atom. The van der Waals surface area contributed by atoms with Gasteiger partial charge in [-0.2, -0.15) is 11.8 Å². The van der Waals surface area contributed by atoms with Crippen LogP contribution >= 0.6 is 11.8 Å². The van der Waals surface area contributed by atoms with E-state index >= 15 is 0 Å². The molecule has 0 aliphatic rings. The molecule has 0 aromatic heterocycles. The van der Waals surface area contributed by atoms with Gasteiger partial charge in [-0.3, -0.25) is 0 Å². The first kappa shape index (κ1) is 12.3. The highest BCUT2D eigenvalue weighted by Crippen LogP contribution is 2.09. The number of rotatable bonds is 8. The zero-order valence-electron chi connectivity index (χ0n) is 8.51. The summed E-state index contributed by atoms with van der Waals surface area (Å²) in [6.07, 6.45) is 6.58. The third kappa shape index (κ3) is 10.3. The zero-order valence-corrected chi connectivity index (χ0v) is 9.33. The molecule has 1 nitrogen and oxygen atoms in total. The van der Waals surface area contributed by atoms with Crippen LogP contribution < -0.4 is 5.73 Å². The second-order valence-corrected chi connectivity index (χ2v) is 4.66. The summed E-state index contributed by atoms with van der Waals surface area (Å²) in [5.74, 6) is 2.64. The lowest BCUT2D eigenvalue weighted by Crippen LogP contribution is -2.14. The van der Waals surface area contributed by atoms with E-state index in [0.717, 1.165) is 0 Å². The summed E-state index contributed by atoms with van der Waals surface area (Å²) in [6.45, 7) is 4.34. The van der Waals surface area contributed by atoms with E-state index in [4.69, 9.17) is 5.73 Å². The third-order valence-electron chi connectivity index (χ3n) is 1.84. The van der Waals surface area contributed by atoms with Gasteiger partial charge in [-0.1, -0.05) is 19.8 Å². The maximum absolute atomic E-state index is 5.65. The summed E-state index contributed by atoms with van der Waals surface area (Å²) < 4.78 is 0. The zero-order chi connectivity index (χ0) is 9.23. The minimum atomic E-state index is 0.390. The lowest BCUT2D eigenvalue weighted by Gasteiger charge is -2.03. The van der Waals surface area contributed by atoms with E-state index < -0.39 is 0 Å². The van der Waals surface area contributed by atoms with E-state index in [1.807, 2.05) is 0 Å². The molecule has 0 aromatic rings. The monoisotopic (exact) mass is 189 g/mol. The van der Waals surface area contributed by atoms with Gasteiger partial charge >= 0.3 is 0 Å². The van der Waals surface area contributed by atoms with Crippen molar-refractivity contribution in [2.45, 2.75) is 52.0 Å². The smallest absolute Gasteiger partial charge is 0.00107 e. The second-order valence-electron chi connectivity index (χ2n) is 3.44. The molecule has 0 radical (unpaired) electrons. The molecular formula is C10H23NS. The second kappa shape index (κ2) is 9.40. The molecule has 0 aliphatic heterocycles. The molecule has 0 amide bonds. The summed E-state index contributed by atoms with van der Waals surface area (Å²) in [6, 6.07) is 0.390. The van der Waals surface area contributed by atoms with E-state index in [2.05, 4.69) is 25.6 Å². The fourth-order valence-electron chi connectivity index (χ4n) is 1.06. The predicted molar refractivity (Wildman–Crippen MR) is 59.7 cm³/mol. The van der Waals surface area contributed by atoms with Crippen LogP contribution in [0.1, 0.15) is 46.0 Å². The standard InChI is InChI=1S/C10H23NS/c1-3-4-5-8-12-9-6-7-10(2)11/h10H,3-9,11H2,1-2H3. The van der Waals surface area contributed by atoms with Crippen molar-refractivity contribution in [3.63, 3.8) is 0 Å². The maximum Gasteiger partial charge on any atom is 0.00107 e. The van der Waals surface area contributed by atoms with E-state index in [-0.39, 0.29) is 0 Å². The van der Waals surface area contributed by atoms with Crippen LogP contribution in [0.4, 0.5) is 0 Å². The summed E-state index contributed by atoms with van der Waals surface area (Å²) >= 11 is 2.08. The lowest BCUT2D eigenvalue weighted by molar-refractivity contribution is 0.656. The van der Waals surface area contributed by atoms with E-state index in [9.17, 15) is 0 Å². The molecule has 0 bridgehead atoms. The van der Waals surface area contributed by atoms with Crippen molar-refractivity contribution in [3.8, 4) is 0 Å². The molecule has 0 aliphatic carbocycles. The Balaban J connectivity index is 2.82. The number of unbranched alkanes of at least 4 members (excludes halogenated alkanes) is 2. The van der Waals surface area contributed by atoms with Crippen molar-refractivity contribution >= 4 is 11.8 Å². The van der Waals surface area contributed by atoms with Gasteiger partial charge in [0.05, 0.1) is 0 Å². The molecule has 2 N–H and O–H groups in total. The molecule has 0 saturated carbocycles.